The Kier molecular flexibility index (Phi) is 4.80. The first-order valence-electron chi connectivity index (χ1n) is 6.58. The molecule has 1 aliphatic carbocycles. The minimum Gasteiger partial charge on any atom is -0.373 e. The van der Waals surface area contributed by atoms with Crippen molar-refractivity contribution in [3.8, 4) is 0 Å². The lowest BCUT2D eigenvalue weighted by Crippen LogP contribution is -2.42. The molecule has 1 aromatic rings. The lowest BCUT2D eigenvalue weighted by atomic mass is 10.2. The van der Waals surface area contributed by atoms with Crippen molar-refractivity contribution in [2.24, 2.45) is 0 Å². The summed E-state index contributed by atoms with van der Waals surface area (Å²) in [6.07, 6.45) is 4.48. The van der Waals surface area contributed by atoms with Gasteiger partial charge in [0.05, 0.1) is 5.69 Å². The average molecular weight is 329 g/mol. The van der Waals surface area contributed by atoms with E-state index in [1.165, 1.54) is 25.0 Å². The quantitative estimate of drug-likeness (QED) is 0.888. The molecule has 3 nitrogen and oxygen atoms in total. The van der Waals surface area contributed by atoms with E-state index in [4.69, 9.17) is 0 Å². The van der Waals surface area contributed by atoms with Gasteiger partial charge in [0.2, 0.25) is 5.91 Å². The Balaban J connectivity index is 1.93. The third-order valence-corrected chi connectivity index (χ3v) is 4.09. The minimum atomic E-state index is -0.390. The summed E-state index contributed by atoms with van der Waals surface area (Å²) in [7, 11) is 0. The number of carbonyl (C=O) groups is 1. The van der Waals surface area contributed by atoms with Crippen molar-refractivity contribution in [1.82, 2.24) is 5.32 Å². The van der Waals surface area contributed by atoms with Crippen LogP contribution in [0.4, 0.5) is 10.1 Å². The highest BCUT2D eigenvalue weighted by molar-refractivity contribution is 9.10. The predicted molar refractivity (Wildman–Crippen MR) is 77.6 cm³/mol. The van der Waals surface area contributed by atoms with Crippen LogP contribution in [0.1, 0.15) is 32.6 Å². The lowest BCUT2D eigenvalue weighted by Gasteiger charge is -2.19. The third kappa shape index (κ3) is 3.93. The normalized spacial score (nSPS) is 17.2. The third-order valence-electron chi connectivity index (χ3n) is 3.40. The summed E-state index contributed by atoms with van der Waals surface area (Å²) in [5.74, 6) is -0.364. The van der Waals surface area contributed by atoms with E-state index in [0.717, 1.165) is 17.3 Å². The molecule has 5 heteroatoms. The predicted octanol–water partition coefficient (Wildman–Crippen LogP) is 3.45. The Hall–Kier alpha value is -1.10. The van der Waals surface area contributed by atoms with E-state index in [9.17, 15) is 9.18 Å². The molecule has 1 saturated carbocycles. The van der Waals surface area contributed by atoms with Gasteiger partial charge < -0.3 is 10.6 Å². The molecule has 1 aliphatic rings. The lowest BCUT2D eigenvalue weighted by molar-refractivity contribution is -0.122. The molecule has 1 atom stereocenters. The average Bonchev–Trinajstić information content (AvgIpc) is 2.86. The number of nitrogens with one attached hydrogen (secondary N) is 2. The second-order valence-corrected chi connectivity index (χ2v) is 5.83. The van der Waals surface area contributed by atoms with Crippen LogP contribution in [0.15, 0.2) is 22.7 Å². The molecule has 19 heavy (non-hydrogen) atoms. The molecule has 0 spiro atoms. The van der Waals surface area contributed by atoms with Crippen LogP contribution < -0.4 is 10.6 Å². The largest absolute Gasteiger partial charge is 0.373 e. The molecule has 0 heterocycles. The van der Waals surface area contributed by atoms with Crippen molar-refractivity contribution in [3.63, 3.8) is 0 Å². The van der Waals surface area contributed by atoms with Crippen molar-refractivity contribution in [2.45, 2.75) is 44.7 Å². The van der Waals surface area contributed by atoms with Gasteiger partial charge in [0.25, 0.3) is 0 Å². The van der Waals surface area contributed by atoms with Crippen LogP contribution in [0.3, 0.4) is 0 Å². The molecule has 2 rings (SSSR count). The van der Waals surface area contributed by atoms with Crippen LogP contribution in [0.2, 0.25) is 0 Å². The van der Waals surface area contributed by atoms with Gasteiger partial charge >= 0.3 is 0 Å². The van der Waals surface area contributed by atoms with Crippen molar-refractivity contribution in [3.05, 3.63) is 28.5 Å². The highest BCUT2D eigenvalue weighted by atomic mass is 79.9. The fourth-order valence-corrected chi connectivity index (χ4v) is 2.66. The molecule has 1 amide bonds. The summed E-state index contributed by atoms with van der Waals surface area (Å²) in [4.78, 5) is 12.0. The van der Waals surface area contributed by atoms with Gasteiger partial charge in [-0.2, -0.15) is 0 Å². The molecule has 1 aromatic carbocycles. The van der Waals surface area contributed by atoms with Gasteiger partial charge in [0.1, 0.15) is 11.9 Å². The van der Waals surface area contributed by atoms with Crippen LogP contribution in [0.5, 0.6) is 0 Å². The Morgan fingerprint density at radius 2 is 2.11 bits per heavy atom. The molecule has 1 unspecified atom stereocenters. The van der Waals surface area contributed by atoms with Gasteiger partial charge in [0, 0.05) is 10.5 Å². The Bertz CT molecular complexity index is 461. The summed E-state index contributed by atoms with van der Waals surface area (Å²) in [5.41, 5.74) is 0.592. The van der Waals surface area contributed by atoms with Crippen molar-refractivity contribution in [2.75, 3.05) is 5.32 Å². The van der Waals surface area contributed by atoms with Crippen LogP contribution in [-0.4, -0.2) is 18.0 Å². The smallest absolute Gasteiger partial charge is 0.242 e. The number of carbonyl (C=O) groups excluding carboxylic acids is 1. The van der Waals surface area contributed by atoms with E-state index in [0.29, 0.717) is 11.7 Å². The highest BCUT2D eigenvalue weighted by Crippen LogP contribution is 2.24. The molecule has 0 bridgehead atoms. The van der Waals surface area contributed by atoms with Crippen LogP contribution in [0.25, 0.3) is 0 Å². The Labute approximate surface area is 121 Å². The molecule has 2 N–H and O–H groups in total. The number of hydrogen-bond donors (Lipinski definition) is 2. The Morgan fingerprint density at radius 3 is 2.79 bits per heavy atom. The van der Waals surface area contributed by atoms with Crippen LogP contribution >= 0.6 is 15.9 Å². The molecule has 0 radical (unpaired) electrons. The van der Waals surface area contributed by atoms with E-state index in [1.54, 1.807) is 13.0 Å². The molecule has 104 valence electrons. The second-order valence-electron chi connectivity index (χ2n) is 4.98. The number of hydrogen-bond acceptors (Lipinski definition) is 2. The zero-order valence-corrected chi connectivity index (χ0v) is 12.5. The van der Waals surface area contributed by atoms with Crippen LogP contribution in [0, 0.1) is 5.82 Å². The maximum atomic E-state index is 13.2. The van der Waals surface area contributed by atoms with Gasteiger partial charge in [-0.05, 0) is 53.9 Å². The Morgan fingerprint density at radius 1 is 1.42 bits per heavy atom. The molecular weight excluding hydrogens is 311 g/mol. The first-order valence-corrected chi connectivity index (χ1v) is 7.37. The summed E-state index contributed by atoms with van der Waals surface area (Å²) in [6.45, 7) is 1.78. The number of rotatable bonds is 4. The van der Waals surface area contributed by atoms with Gasteiger partial charge in [-0.3, -0.25) is 4.79 Å². The number of halogens is 2. The SMILES string of the molecule is CC(Nc1cc(F)ccc1Br)C(=O)NC1CCCC1. The summed E-state index contributed by atoms with van der Waals surface area (Å²) < 4.78 is 13.9. The molecule has 1 fully saturated rings. The number of benzene rings is 1. The van der Waals surface area contributed by atoms with Gasteiger partial charge in [0.15, 0.2) is 0 Å². The maximum absolute atomic E-state index is 13.2. The maximum Gasteiger partial charge on any atom is 0.242 e. The van der Waals surface area contributed by atoms with Crippen molar-refractivity contribution in [1.29, 1.82) is 0 Å². The number of amides is 1. The first-order chi connectivity index (χ1) is 9.06. The molecule has 0 aliphatic heterocycles. The zero-order valence-electron chi connectivity index (χ0n) is 10.9. The standard InChI is InChI=1S/C14H18BrFN2O/c1-9(14(19)18-11-4-2-3-5-11)17-13-8-10(16)6-7-12(13)15/h6-9,11,17H,2-5H2,1H3,(H,18,19). The second kappa shape index (κ2) is 6.37. The van der Waals surface area contributed by atoms with Crippen LogP contribution in [-0.2, 0) is 4.79 Å². The zero-order chi connectivity index (χ0) is 13.8. The molecule has 0 aromatic heterocycles. The topological polar surface area (TPSA) is 41.1 Å². The van der Waals surface area contributed by atoms with Crippen molar-refractivity contribution < 1.29 is 9.18 Å². The van der Waals surface area contributed by atoms with Crippen molar-refractivity contribution >= 4 is 27.5 Å². The van der Waals surface area contributed by atoms with Gasteiger partial charge in [-0.15, -0.1) is 0 Å². The minimum absolute atomic E-state index is 0.0388. The first kappa shape index (κ1) is 14.3. The van der Waals surface area contributed by atoms with Gasteiger partial charge in [-0.1, -0.05) is 12.8 Å². The fraction of sp³-hybridized carbons (Fsp3) is 0.500. The summed E-state index contributed by atoms with van der Waals surface area (Å²) >= 11 is 3.34. The number of anilines is 1. The van der Waals surface area contributed by atoms with E-state index < -0.39 is 6.04 Å². The summed E-state index contributed by atoms with van der Waals surface area (Å²) in [6, 6.07) is 4.28. The fourth-order valence-electron chi connectivity index (χ4n) is 2.30. The summed E-state index contributed by atoms with van der Waals surface area (Å²) in [5, 5.41) is 6.05. The van der Waals surface area contributed by atoms with E-state index in [-0.39, 0.29) is 11.7 Å². The van der Waals surface area contributed by atoms with E-state index in [1.807, 2.05) is 0 Å². The van der Waals surface area contributed by atoms with E-state index in [2.05, 4.69) is 26.6 Å². The van der Waals surface area contributed by atoms with E-state index >= 15 is 0 Å². The molecular formula is C14H18BrFN2O. The molecule has 0 saturated heterocycles. The monoisotopic (exact) mass is 328 g/mol. The highest BCUT2D eigenvalue weighted by Gasteiger charge is 2.20. The van der Waals surface area contributed by atoms with Gasteiger partial charge in [-0.25, -0.2) is 4.39 Å².